The van der Waals surface area contributed by atoms with Crippen LogP contribution in [-0.4, -0.2) is 204 Å². The molecular formula is C75H135O24P. The van der Waals surface area contributed by atoms with Crippen molar-refractivity contribution in [2.75, 3.05) is 26.4 Å². The number of hydrogen-bond acceptors (Lipinski definition) is 23. The number of unbranched alkanes of at least 4 members (excludes halogenated alkanes) is 31. The summed E-state index contributed by atoms with van der Waals surface area (Å²) in [4.78, 5) is 51.0. The van der Waals surface area contributed by atoms with Gasteiger partial charge in [0.15, 0.2) is 18.7 Å². The normalized spacial score (nSPS) is 27.8. The summed E-state index contributed by atoms with van der Waals surface area (Å²) in [6, 6.07) is 0. The van der Waals surface area contributed by atoms with Crippen molar-refractivity contribution in [2.24, 2.45) is 5.92 Å². The fraction of sp³-hybridized carbons (Fsp3) is 0.880. The molecule has 24 nitrogen and oxygen atoms in total. The van der Waals surface area contributed by atoms with Crippen molar-refractivity contribution in [1.29, 1.82) is 0 Å². The fourth-order valence-electron chi connectivity index (χ4n) is 12.7. The lowest BCUT2D eigenvalue weighted by atomic mass is 9.84. The Kier molecular flexibility index (Phi) is 50.8. The molecule has 2 heterocycles. The van der Waals surface area contributed by atoms with E-state index in [1.165, 1.54) is 147 Å². The number of hydrogen-bond donors (Lipinski definition) is 11. The van der Waals surface area contributed by atoms with Gasteiger partial charge < -0.3 is 89.1 Å². The van der Waals surface area contributed by atoms with Gasteiger partial charge in [-0.3, -0.25) is 18.6 Å². The second kappa shape index (κ2) is 55.6. The lowest BCUT2D eigenvalue weighted by Gasteiger charge is -2.49. The molecule has 3 fully saturated rings. The zero-order chi connectivity index (χ0) is 73.3. The van der Waals surface area contributed by atoms with E-state index in [0.29, 0.717) is 25.2 Å². The number of carbonyl (C=O) groups excluding carboxylic acids is 3. The fourth-order valence-corrected chi connectivity index (χ4v) is 13.7. The lowest BCUT2D eigenvalue weighted by Crippen LogP contribution is -2.69. The van der Waals surface area contributed by atoms with E-state index in [2.05, 4.69) is 39.8 Å². The van der Waals surface area contributed by atoms with Crippen molar-refractivity contribution >= 4 is 25.7 Å². The Hall–Kier alpha value is -2.82. The molecule has 584 valence electrons. The largest absolute Gasteiger partial charge is 0.472 e. The van der Waals surface area contributed by atoms with Crippen LogP contribution in [-0.2, 0) is 61.2 Å². The van der Waals surface area contributed by atoms with Crippen molar-refractivity contribution < 1.29 is 117 Å². The molecule has 2 saturated heterocycles. The van der Waals surface area contributed by atoms with E-state index in [-0.39, 0.29) is 12.8 Å². The third-order valence-corrected chi connectivity index (χ3v) is 20.1. The summed E-state index contributed by atoms with van der Waals surface area (Å²) in [5, 5.41) is 110. The molecule has 0 spiro atoms. The first-order valence-corrected chi connectivity index (χ1v) is 40.2. The second-order valence-corrected chi connectivity index (χ2v) is 29.5. The summed E-state index contributed by atoms with van der Waals surface area (Å²) in [5.41, 5.74) is 0. The summed E-state index contributed by atoms with van der Waals surface area (Å²) < 4.78 is 64.9. The SMILES string of the molecule is CCCCCCCCC/C=C\CCCCCC(=O)OCC1OC(OC2C(O)C(O)C(O)C(OC3OC(CO)C(O)C(O)C3O)C2OP(=O)(O)OCC(COC(=O)/C=C/C=C/CCCCCCCCCCCCC)OC(=O)CCCCCCCCC(C)CCCCCCCC)C(O)C(O)C1O. The van der Waals surface area contributed by atoms with Crippen molar-refractivity contribution in [3.8, 4) is 0 Å². The summed E-state index contributed by atoms with van der Waals surface area (Å²) in [7, 11) is -5.72. The third kappa shape index (κ3) is 38.4. The maximum atomic E-state index is 14.3. The van der Waals surface area contributed by atoms with Crippen LogP contribution in [0.4, 0.5) is 0 Å². The van der Waals surface area contributed by atoms with E-state index >= 15 is 0 Å². The zero-order valence-corrected chi connectivity index (χ0v) is 62.0. The van der Waals surface area contributed by atoms with Crippen LogP contribution >= 0.6 is 7.82 Å². The van der Waals surface area contributed by atoms with Crippen LogP contribution in [0.2, 0.25) is 0 Å². The first-order valence-electron chi connectivity index (χ1n) is 38.7. The van der Waals surface area contributed by atoms with E-state index in [9.17, 15) is 74.9 Å². The number of aliphatic hydroxyl groups is 10. The first-order chi connectivity index (χ1) is 48.2. The number of aliphatic hydroxyl groups excluding tert-OH is 10. The molecule has 19 atom stereocenters. The minimum Gasteiger partial charge on any atom is -0.463 e. The van der Waals surface area contributed by atoms with Crippen LogP contribution < -0.4 is 0 Å². The molecule has 0 aromatic carbocycles. The molecule has 1 aliphatic carbocycles. The average Bonchev–Trinajstić information content (AvgIpc) is 0.761. The third-order valence-electron chi connectivity index (χ3n) is 19.1. The van der Waals surface area contributed by atoms with Gasteiger partial charge in [-0.1, -0.05) is 251 Å². The Morgan fingerprint density at radius 2 is 0.840 bits per heavy atom. The van der Waals surface area contributed by atoms with Gasteiger partial charge >= 0.3 is 25.7 Å². The van der Waals surface area contributed by atoms with E-state index in [1.54, 1.807) is 6.08 Å². The number of esters is 3. The molecule has 19 unspecified atom stereocenters. The van der Waals surface area contributed by atoms with Crippen molar-refractivity contribution in [3.63, 3.8) is 0 Å². The second-order valence-electron chi connectivity index (χ2n) is 28.1. The average molecular weight is 1450 g/mol. The van der Waals surface area contributed by atoms with Gasteiger partial charge in [0.1, 0.15) is 98.7 Å². The van der Waals surface area contributed by atoms with E-state index in [0.717, 1.165) is 89.5 Å². The van der Waals surface area contributed by atoms with Gasteiger partial charge in [0.05, 0.1) is 13.2 Å². The summed E-state index contributed by atoms with van der Waals surface area (Å²) in [6.45, 7) is 5.63. The topological polar surface area (TPSA) is 374 Å². The van der Waals surface area contributed by atoms with Crippen LogP contribution in [0.25, 0.3) is 0 Å². The number of allylic oxidation sites excluding steroid dienone is 5. The molecule has 0 amide bonds. The van der Waals surface area contributed by atoms with Gasteiger partial charge in [0.2, 0.25) is 0 Å². The van der Waals surface area contributed by atoms with Crippen LogP contribution in [0.15, 0.2) is 36.5 Å². The molecule has 25 heteroatoms. The minimum absolute atomic E-state index is 0.00445. The van der Waals surface area contributed by atoms with Crippen molar-refractivity contribution in [1.82, 2.24) is 0 Å². The molecule has 2 aliphatic heterocycles. The Balaban J connectivity index is 1.76. The molecule has 1 saturated carbocycles. The highest BCUT2D eigenvalue weighted by Crippen LogP contribution is 2.49. The predicted molar refractivity (Wildman–Crippen MR) is 379 cm³/mol. The molecule has 0 aromatic rings. The Bertz CT molecular complexity index is 2220. The summed E-state index contributed by atoms with van der Waals surface area (Å²) >= 11 is 0. The maximum absolute atomic E-state index is 14.3. The Labute approximate surface area is 597 Å². The van der Waals surface area contributed by atoms with Crippen molar-refractivity contribution in [3.05, 3.63) is 36.5 Å². The van der Waals surface area contributed by atoms with Gasteiger partial charge in [-0.05, 0) is 57.3 Å². The lowest BCUT2D eigenvalue weighted by molar-refractivity contribution is -0.360. The highest BCUT2D eigenvalue weighted by Gasteiger charge is 2.58. The molecule has 100 heavy (non-hydrogen) atoms. The first kappa shape index (κ1) is 91.4. The molecule has 0 bridgehead atoms. The number of carbonyl (C=O) groups is 3. The van der Waals surface area contributed by atoms with Crippen LogP contribution in [0, 0.1) is 5.92 Å². The quantitative estimate of drug-likeness (QED) is 0.00512. The highest BCUT2D eigenvalue weighted by molar-refractivity contribution is 7.47. The highest BCUT2D eigenvalue weighted by atomic mass is 31.2. The van der Waals surface area contributed by atoms with Gasteiger partial charge in [-0.25, -0.2) is 9.36 Å². The standard InChI is InChI=1S/C75H135O24P/c1-5-8-11-14-17-19-21-23-25-27-29-30-32-38-43-48-59(77)91-52-56(94-61(79)50-45-40-35-34-37-42-47-55(4)46-41-36-16-13-10-7-3)53-93-100(89,90)99-73-71(97-74-69(87)64(82)62(80)57(51-76)95-74)67(85)66(84)68(86)72(73)98-75-70(88)65(83)63(81)58(96-75)54-92-60(78)49-44-39-33-31-28-26-24-22-20-18-15-12-9-6-2/h26,28,32,38,43,48,55-58,62-76,80-88H,5-25,27,29-31,33-37,39-42,44-47,49-54H2,1-4H3,(H,89,90)/b28-26-,38-32+,48-43+. The van der Waals surface area contributed by atoms with Gasteiger partial charge in [-0.15, -0.1) is 0 Å². The molecule has 3 rings (SSSR count). The summed E-state index contributed by atoms with van der Waals surface area (Å²) in [5.74, 6) is -1.59. The van der Waals surface area contributed by atoms with Gasteiger partial charge in [0.25, 0.3) is 0 Å². The van der Waals surface area contributed by atoms with Crippen molar-refractivity contribution in [2.45, 2.75) is 389 Å². The number of phosphoric ester groups is 1. The Morgan fingerprint density at radius 3 is 1.32 bits per heavy atom. The summed E-state index contributed by atoms with van der Waals surface area (Å²) in [6.07, 6.45) is 17.1. The van der Waals surface area contributed by atoms with E-state index in [1.807, 2.05) is 6.08 Å². The maximum Gasteiger partial charge on any atom is 0.472 e. The molecule has 0 radical (unpaired) electrons. The van der Waals surface area contributed by atoms with E-state index < -0.39 is 156 Å². The molecule has 0 aromatic heterocycles. The monoisotopic (exact) mass is 1450 g/mol. The molecule has 11 N–H and O–H groups in total. The molecule has 3 aliphatic rings. The van der Waals surface area contributed by atoms with E-state index in [4.69, 9.17) is 42.2 Å². The Morgan fingerprint density at radius 1 is 0.440 bits per heavy atom. The number of phosphoric acid groups is 1. The zero-order valence-electron chi connectivity index (χ0n) is 61.1. The van der Waals surface area contributed by atoms with Crippen LogP contribution in [0.1, 0.15) is 285 Å². The molecular weight excluding hydrogens is 1320 g/mol. The predicted octanol–water partition coefficient (Wildman–Crippen LogP) is 10.9. The van der Waals surface area contributed by atoms with Gasteiger partial charge in [0, 0.05) is 18.9 Å². The smallest absolute Gasteiger partial charge is 0.463 e. The minimum atomic E-state index is -5.72. The number of ether oxygens (including phenoxy) is 7. The number of rotatable bonds is 59. The van der Waals surface area contributed by atoms with Crippen LogP contribution in [0.5, 0.6) is 0 Å². The van der Waals surface area contributed by atoms with Crippen LogP contribution in [0.3, 0.4) is 0 Å². The van der Waals surface area contributed by atoms with Gasteiger partial charge in [-0.2, -0.15) is 0 Å².